The lowest BCUT2D eigenvalue weighted by Gasteiger charge is -2.33. The highest BCUT2D eigenvalue weighted by molar-refractivity contribution is 5.31. The lowest BCUT2D eigenvalue weighted by atomic mass is 9.89. The summed E-state index contributed by atoms with van der Waals surface area (Å²) < 4.78 is 5.75. The molecule has 1 heterocycles. The van der Waals surface area contributed by atoms with E-state index in [1.165, 1.54) is 11.1 Å². The fourth-order valence-corrected chi connectivity index (χ4v) is 2.06. The van der Waals surface area contributed by atoms with Crippen molar-refractivity contribution in [3.63, 3.8) is 0 Å². The van der Waals surface area contributed by atoms with Crippen LogP contribution in [0, 0.1) is 5.92 Å². The summed E-state index contributed by atoms with van der Waals surface area (Å²) in [6.07, 6.45) is 0.157. The maximum atomic E-state index is 6.17. The first kappa shape index (κ1) is 9.69. The second-order valence-corrected chi connectivity index (χ2v) is 4.24. The average Bonchev–Trinajstić information content (AvgIpc) is 2.18. The van der Waals surface area contributed by atoms with Gasteiger partial charge in [-0.3, -0.25) is 0 Å². The zero-order valence-electron chi connectivity index (χ0n) is 8.73. The highest BCUT2D eigenvalue weighted by atomic mass is 16.5. The van der Waals surface area contributed by atoms with Gasteiger partial charge >= 0.3 is 0 Å². The van der Waals surface area contributed by atoms with Crippen LogP contribution < -0.4 is 5.73 Å². The minimum atomic E-state index is 0.0277. The van der Waals surface area contributed by atoms with Crippen molar-refractivity contribution >= 4 is 0 Å². The lowest BCUT2D eigenvalue weighted by Crippen LogP contribution is -2.37. The number of fused-ring (bicyclic) bond motifs is 1. The standard InChI is InChI=1S/C12H17NO/c1-8(2)12-11(13)10-6-4-3-5-9(10)7-14-12/h3-6,8,11-12H,7,13H2,1-2H3/t11?,12-/m0/s1. The maximum absolute atomic E-state index is 6.17. The summed E-state index contributed by atoms with van der Waals surface area (Å²) in [4.78, 5) is 0. The summed E-state index contributed by atoms with van der Waals surface area (Å²) in [5.41, 5.74) is 8.65. The number of hydrogen-bond donors (Lipinski definition) is 1. The van der Waals surface area contributed by atoms with Crippen LogP contribution in [0.1, 0.15) is 31.0 Å². The van der Waals surface area contributed by atoms with E-state index in [0.29, 0.717) is 12.5 Å². The van der Waals surface area contributed by atoms with E-state index in [-0.39, 0.29) is 12.1 Å². The quantitative estimate of drug-likeness (QED) is 0.739. The van der Waals surface area contributed by atoms with Gasteiger partial charge in [0.2, 0.25) is 0 Å². The molecular weight excluding hydrogens is 174 g/mol. The second-order valence-electron chi connectivity index (χ2n) is 4.24. The van der Waals surface area contributed by atoms with Crippen molar-refractivity contribution in [1.29, 1.82) is 0 Å². The Bertz CT molecular complexity index is 322. The van der Waals surface area contributed by atoms with E-state index in [1.807, 2.05) is 12.1 Å². The van der Waals surface area contributed by atoms with Crippen LogP contribution in [0.4, 0.5) is 0 Å². The SMILES string of the molecule is CC(C)[C@@H]1OCc2ccccc2C1N. The Morgan fingerprint density at radius 1 is 1.36 bits per heavy atom. The van der Waals surface area contributed by atoms with E-state index < -0.39 is 0 Å². The van der Waals surface area contributed by atoms with Crippen LogP contribution in [0.2, 0.25) is 0 Å². The highest BCUT2D eigenvalue weighted by Gasteiger charge is 2.29. The Labute approximate surface area is 85.1 Å². The molecule has 1 aromatic rings. The number of ether oxygens (including phenoxy) is 1. The minimum absolute atomic E-state index is 0.0277. The van der Waals surface area contributed by atoms with Gasteiger partial charge in [0.25, 0.3) is 0 Å². The fourth-order valence-electron chi connectivity index (χ4n) is 2.06. The van der Waals surface area contributed by atoms with Crippen LogP contribution in [-0.2, 0) is 11.3 Å². The maximum Gasteiger partial charge on any atom is 0.0795 e. The minimum Gasteiger partial charge on any atom is -0.371 e. The van der Waals surface area contributed by atoms with E-state index >= 15 is 0 Å². The predicted molar refractivity (Wildman–Crippen MR) is 56.8 cm³/mol. The van der Waals surface area contributed by atoms with Gasteiger partial charge in [0.15, 0.2) is 0 Å². The normalized spacial score (nSPS) is 26.3. The van der Waals surface area contributed by atoms with Gasteiger partial charge in [-0.1, -0.05) is 38.1 Å². The van der Waals surface area contributed by atoms with Gasteiger partial charge in [0.05, 0.1) is 18.8 Å². The molecular formula is C12H17NO. The molecule has 1 aromatic carbocycles. The fraction of sp³-hybridized carbons (Fsp3) is 0.500. The van der Waals surface area contributed by atoms with E-state index in [1.54, 1.807) is 0 Å². The van der Waals surface area contributed by atoms with Crippen LogP contribution in [0.15, 0.2) is 24.3 Å². The summed E-state index contributed by atoms with van der Waals surface area (Å²) >= 11 is 0. The average molecular weight is 191 g/mol. The number of hydrogen-bond acceptors (Lipinski definition) is 2. The van der Waals surface area contributed by atoms with E-state index in [4.69, 9.17) is 10.5 Å². The van der Waals surface area contributed by atoms with Crippen molar-refractivity contribution in [2.75, 3.05) is 0 Å². The molecule has 2 atom stereocenters. The molecule has 76 valence electrons. The molecule has 0 amide bonds. The molecule has 2 heteroatoms. The largest absolute Gasteiger partial charge is 0.371 e. The summed E-state index contributed by atoms with van der Waals surface area (Å²) in [6, 6.07) is 8.30. The summed E-state index contributed by atoms with van der Waals surface area (Å²) in [5, 5.41) is 0. The second kappa shape index (κ2) is 3.71. The molecule has 0 aliphatic carbocycles. The van der Waals surface area contributed by atoms with E-state index in [2.05, 4.69) is 26.0 Å². The van der Waals surface area contributed by atoms with Gasteiger partial charge in [-0.05, 0) is 17.0 Å². The summed E-state index contributed by atoms with van der Waals surface area (Å²) in [7, 11) is 0. The van der Waals surface area contributed by atoms with Crippen molar-refractivity contribution in [3.8, 4) is 0 Å². The van der Waals surface area contributed by atoms with Crippen molar-refractivity contribution < 1.29 is 4.74 Å². The molecule has 0 saturated carbocycles. The first-order valence-corrected chi connectivity index (χ1v) is 5.15. The first-order chi connectivity index (χ1) is 6.70. The molecule has 0 saturated heterocycles. The van der Waals surface area contributed by atoms with Gasteiger partial charge in [-0.25, -0.2) is 0 Å². The molecule has 2 rings (SSSR count). The van der Waals surface area contributed by atoms with Gasteiger partial charge in [0.1, 0.15) is 0 Å². The van der Waals surface area contributed by atoms with Gasteiger partial charge < -0.3 is 10.5 Å². The van der Waals surface area contributed by atoms with Crippen molar-refractivity contribution in [1.82, 2.24) is 0 Å². The van der Waals surface area contributed by atoms with Crippen molar-refractivity contribution in [2.24, 2.45) is 11.7 Å². The van der Waals surface area contributed by atoms with Gasteiger partial charge in [0, 0.05) is 0 Å². The van der Waals surface area contributed by atoms with E-state index in [0.717, 1.165) is 0 Å². The van der Waals surface area contributed by atoms with Gasteiger partial charge in [-0.2, -0.15) is 0 Å². The van der Waals surface area contributed by atoms with Crippen LogP contribution >= 0.6 is 0 Å². The molecule has 0 spiro atoms. The van der Waals surface area contributed by atoms with Gasteiger partial charge in [-0.15, -0.1) is 0 Å². The highest BCUT2D eigenvalue weighted by Crippen LogP contribution is 2.30. The lowest BCUT2D eigenvalue weighted by molar-refractivity contribution is -0.0194. The third kappa shape index (κ3) is 1.56. The Balaban J connectivity index is 2.31. The molecule has 1 aliphatic rings. The summed E-state index contributed by atoms with van der Waals surface area (Å²) in [5.74, 6) is 0.471. The monoisotopic (exact) mass is 191 g/mol. The van der Waals surface area contributed by atoms with Crippen LogP contribution in [0.5, 0.6) is 0 Å². The molecule has 0 fully saturated rings. The third-order valence-corrected chi connectivity index (χ3v) is 2.86. The molecule has 0 bridgehead atoms. The Morgan fingerprint density at radius 3 is 2.79 bits per heavy atom. The molecule has 14 heavy (non-hydrogen) atoms. The van der Waals surface area contributed by atoms with Crippen molar-refractivity contribution in [3.05, 3.63) is 35.4 Å². The Morgan fingerprint density at radius 2 is 2.07 bits per heavy atom. The van der Waals surface area contributed by atoms with Crippen LogP contribution in [-0.4, -0.2) is 6.10 Å². The predicted octanol–water partition coefficient (Wildman–Crippen LogP) is 2.24. The molecule has 1 unspecified atom stereocenters. The first-order valence-electron chi connectivity index (χ1n) is 5.15. The third-order valence-electron chi connectivity index (χ3n) is 2.86. The Hall–Kier alpha value is -0.860. The zero-order valence-corrected chi connectivity index (χ0v) is 8.73. The molecule has 2 N–H and O–H groups in total. The number of nitrogens with two attached hydrogens (primary N) is 1. The topological polar surface area (TPSA) is 35.2 Å². The molecule has 0 aromatic heterocycles. The summed E-state index contributed by atoms with van der Waals surface area (Å²) in [6.45, 7) is 5.00. The smallest absolute Gasteiger partial charge is 0.0795 e. The molecule has 2 nitrogen and oxygen atoms in total. The van der Waals surface area contributed by atoms with Crippen molar-refractivity contribution in [2.45, 2.75) is 32.6 Å². The Kier molecular flexibility index (Phi) is 2.57. The number of benzene rings is 1. The molecule has 0 radical (unpaired) electrons. The van der Waals surface area contributed by atoms with Crippen LogP contribution in [0.3, 0.4) is 0 Å². The van der Waals surface area contributed by atoms with Crippen LogP contribution in [0.25, 0.3) is 0 Å². The van der Waals surface area contributed by atoms with E-state index in [9.17, 15) is 0 Å². The number of rotatable bonds is 1. The zero-order chi connectivity index (χ0) is 10.1. The molecule has 1 aliphatic heterocycles.